The number of nitrogens with zero attached hydrogens (tertiary/aromatic N) is 1. The summed E-state index contributed by atoms with van der Waals surface area (Å²) in [6.07, 6.45) is 4.94. The highest BCUT2D eigenvalue weighted by molar-refractivity contribution is 9.10. The molecule has 2 heterocycles. The van der Waals surface area contributed by atoms with Gasteiger partial charge in [-0.3, -0.25) is 0 Å². The lowest BCUT2D eigenvalue weighted by molar-refractivity contribution is 0.356. The largest absolute Gasteiger partial charge is 0.492 e. The molecule has 3 rings (SSSR count). The summed E-state index contributed by atoms with van der Waals surface area (Å²) in [5.74, 6) is 0.984. The van der Waals surface area contributed by atoms with Crippen molar-refractivity contribution < 1.29 is 4.74 Å². The zero-order valence-electron chi connectivity index (χ0n) is 9.52. The molecule has 0 radical (unpaired) electrons. The van der Waals surface area contributed by atoms with Crippen molar-refractivity contribution in [2.24, 2.45) is 0 Å². The normalized spacial score (nSPS) is 13.8. The van der Waals surface area contributed by atoms with Gasteiger partial charge < -0.3 is 10.5 Å². The minimum Gasteiger partial charge on any atom is -0.492 e. The molecule has 2 aromatic rings. The van der Waals surface area contributed by atoms with Gasteiger partial charge in [0.05, 0.1) is 12.3 Å². The third-order valence-corrected chi connectivity index (χ3v) is 3.90. The van der Waals surface area contributed by atoms with E-state index in [0.29, 0.717) is 5.13 Å². The van der Waals surface area contributed by atoms with Crippen LogP contribution < -0.4 is 10.5 Å². The van der Waals surface area contributed by atoms with Crippen LogP contribution in [-0.4, -0.2) is 11.6 Å². The summed E-state index contributed by atoms with van der Waals surface area (Å²) >= 11 is 4.97. The maximum Gasteiger partial charge on any atom is 0.180 e. The fraction of sp³-hybridized carbons (Fsp3) is 0.154. The number of rotatable bonds is 2. The molecule has 0 atom stereocenters. The minimum absolute atomic E-state index is 0.588. The van der Waals surface area contributed by atoms with Crippen LogP contribution in [0.3, 0.4) is 0 Å². The molecule has 2 N–H and O–H groups in total. The number of halogens is 1. The molecule has 1 aromatic heterocycles. The van der Waals surface area contributed by atoms with Crippen LogP contribution in [0.1, 0.15) is 16.8 Å². The number of fused-ring (bicyclic) bond motifs is 1. The van der Waals surface area contributed by atoms with Gasteiger partial charge in [-0.05, 0) is 29.8 Å². The molecule has 0 spiro atoms. The van der Waals surface area contributed by atoms with E-state index in [9.17, 15) is 0 Å². The van der Waals surface area contributed by atoms with E-state index in [-0.39, 0.29) is 0 Å². The summed E-state index contributed by atoms with van der Waals surface area (Å²) in [7, 11) is 0. The molecule has 1 aliphatic heterocycles. The molecule has 5 heteroatoms. The van der Waals surface area contributed by atoms with Crippen molar-refractivity contribution in [1.82, 2.24) is 4.98 Å². The van der Waals surface area contributed by atoms with Gasteiger partial charge in [0.15, 0.2) is 5.13 Å². The number of ether oxygens (including phenoxy) is 1. The predicted octanol–water partition coefficient (Wildman–Crippen LogP) is 3.59. The fourth-order valence-electron chi connectivity index (χ4n) is 1.97. The van der Waals surface area contributed by atoms with E-state index in [1.54, 1.807) is 0 Å². The lowest BCUT2D eigenvalue weighted by Crippen LogP contribution is -1.88. The topological polar surface area (TPSA) is 48.1 Å². The van der Waals surface area contributed by atoms with Gasteiger partial charge in [0.25, 0.3) is 0 Å². The first-order valence-electron chi connectivity index (χ1n) is 5.57. The van der Waals surface area contributed by atoms with Crippen molar-refractivity contribution in [2.45, 2.75) is 6.42 Å². The van der Waals surface area contributed by atoms with Gasteiger partial charge in [-0.1, -0.05) is 15.9 Å². The van der Waals surface area contributed by atoms with Crippen LogP contribution in [0.4, 0.5) is 5.13 Å². The zero-order valence-corrected chi connectivity index (χ0v) is 11.9. The Balaban J connectivity index is 1.95. The van der Waals surface area contributed by atoms with Crippen LogP contribution in [0.5, 0.6) is 5.75 Å². The quantitative estimate of drug-likeness (QED) is 0.919. The Morgan fingerprint density at radius 2 is 2.28 bits per heavy atom. The molecular formula is C13H11BrN2OS. The molecule has 1 aromatic carbocycles. The number of nitrogens with two attached hydrogens (primary N) is 1. The predicted molar refractivity (Wildman–Crippen MR) is 78.8 cm³/mol. The zero-order chi connectivity index (χ0) is 12.5. The number of nitrogen functional groups attached to an aromatic ring is 1. The molecule has 0 amide bonds. The molecule has 0 unspecified atom stereocenters. The lowest BCUT2D eigenvalue weighted by Gasteiger charge is -2.04. The number of benzene rings is 1. The second kappa shape index (κ2) is 4.74. The van der Waals surface area contributed by atoms with Crippen LogP contribution in [0.15, 0.2) is 22.0 Å². The van der Waals surface area contributed by atoms with Crippen molar-refractivity contribution in [1.29, 1.82) is 0 Å². The minimum atomic E-state index is 0.588. The van der Waals surface area contributed by atoms with Crippen LogP contribution in [0.2, 0.25) is 0 Å². The Kier molecular flexibility index (Phi) is 3.09. The highest BCUT2D eigenvalue weighted by Crippen LogP contribution is 2.34. The van der Waals surface area contributed by atoms with Gasteiger partial charge in [-0.2, -0.15) is 0 Å². The first kappa shape index (κ1) is 11.7. The number of anilines is 1. The van der Waals surface area contributed by atoms with Crippen LogP contribution >= 0.6 is 27.3 Å². The number of hydrogen-bond acceptors (Lipinski definition) is 4. The van der Waals surface area contributed by atoms with Gasteiger partial charge in [-0.25, -0.2) is 4.98 Å². The monoisotopic (exact) mass is 322 g/mol. The van der Waals surface area contributed by atoms with Crippen molar-refractivity contribution >= 4 is 44.6 Å². The van der Waals surface area contributed by atoms with E-state index in [2.05, 4.69) is 33.0 Å². The standard InChI is InChI=1S/C13H11BrN2OS/c14-10-5-8(12-9(6-10)3-4-17-12)1-2-11-7-18-13(15)16-11/h1-2,5-7H,3-4H2,(H2,15,16)/b2-1+. The first-order chi connectivity index (χ1) is 8.72. The molecule has 0 aliphatic carbocycles. The summed E-state index contributed by atoms with van der Waals surface area (Å²) in [5, 5.41) is 2.52. The van der Waals surface area contributed by atoms with E-state index in [1.807, 2.05) is 17.5 Å². The highest BCUT2D eigenvalue weighted by atomic mass is 79.9. The third-order valence-electron chi connectivity index (χ3n) is 2.75. The fourth-order valence-corrected chi connectivity index (χ4v) is 3.03. The molecule has 0 saturated heterocycles. The SMILES string of the molecule is Nc1nc(/C=C/c2cc(Br)cc3c2OCC3)cs1. The maximum atomic E-state index is 5.66. The molecule has 0 fully saturated rings. The molecule has 92 valence electrons. The van der Waals surface area contributed by atoms with E-state index in [4.69, 9.17) is 10.5 Å². The molecule has 0 saturated carbocycles. The molecule has 3 nitrogen and oxygen atoms in total. The lowest BCUT2D eigenvalue weighted by atomic mass is 10.1. The number of hydrogen-bond donors (Lipinski definition) is 1. The van der Waals surface area contributed by atoms with Gasteiger partial charge in [0.1, 0.15) is 5.75 Å². The average molecular weight is 323 g/mol. The summed E-state index contributed by atoms with van der Waals surface area (Å²) < 4.78 is 6.74. The number of aromatic nitrogens is 1. The van der Waals surface area contributed by atoms with Crippen LogP contribution in [-0.2, 0) is 6.42 Å². The maximum absolute atomic E-state index is 5.66. The van der Waals surface area contributed by atoms with E-state index < -0.39 is 0 Å². The van der Waals surface area contributed by atoms with Gasteiger partial charge in [-0.15, -0.1) is 11.3 Å². The second-order valence-electron chi connectivity index (χ2n) is 4.03. The Morgan fingerprint density at radius 1 is 1.39 bits per heavy atom. The Hall–Kier alpha value is -1.33. The van der Waals surface area contributed by atoms with E-state index >= 15 is 0 Å². The smallest absolute Gasteiger partial charge is 0.180 e. The first-order valence-corrected chi connectivity index (χ1v) is 7.24. The van der Waals surface area contributed by atoms with Crippen molar-refractivity contribution in [3.63, 3.8) is 0 Å². The highest BCUT2D eigenvalue weighted by Gasteiger charge is 2.15. The van der Waals surface area contributed by atoms with E-state index in [1.165, 1.54) is 16.9 Å². The molecule has 0 bridgehead atoms. The van der Waals surface area contributed by atoms with Gasteiger partial charge in [0.2, 0.25) is 0 Å². The van der Waals surface area contributed by atoms with Crippen LogP contribution in [0.25, 0.3) is 12.2 Å². The van der Waals surface area contributed by atoms with Gasteiger partial charge in [0, 0.05) is 21.8 Å². The van der Waals surface area contributed by atoms with Crippen LogP contribution in [0, 0.1) is 0 Å². The Bertz CT molecular complexity index is 621. The Morgan fingerprint density at radius 3 is 3.06 bits per heavy atom. The van der Waals surface area contributed by atoms with Crippen molar-refractivity contribution in [3.05, 3.63) is 38.8 Å². The van der Waals surface area contributed by atoms with Crippen molar-refractivity contribution in [3.8, 4) is 5.75 Å². The third kappa shape index (κ3) is 2.28. The molecular weight excluding hydrogens is 312 g/mol. The summed E-state index contributed by atoms with van der Waals surface area (Å²) in [6.45, 7) is 0.760. The second-order valence-corrected chi connectivity index (χ2v) is 5.83. The van der Waals surface area contributed by atoms with Gasteiger partial charge >= 0.3 is 0 Å². The summed E-state index contributed by atoms with van der Waals surface area (Å²) in [5.41, 5.74) is 8.81. The van der Waals surface area contributed by atoms with E-state index in [0.717, 1.165) is 34.5 Å². The molecule has 18 heavy (non-hydrogen) atoms. The number of thiazole rings is 1. The van der Waals surface area contributed by atoms with Crippen molar-refractivity contribution in [2.75, 3.05) is 12.3 Å². The average Bonchev–Trinajstić information content (AvgIpc) is 2.94. The molecule has 1 aliphatic rings. The summed E-state index contributed by atoms with van der Waals surface area (Å²) in [6, 6.07) is 4.16. The Labute approximate surface area is 117 Å². The summed E-state index contributed by atoms with van der Waals surface area (Å²) in [4.78, 5) is 4.20.